The summed E-state index contributed by atoms with van der Waals surface area (Å²) in [5.74, 6) is 1.43. The summed E-state index contributed by atoms with van der Waals surface area (Å²) < 4.78 is 10.8. The van der Waals surface area contributed by atoms with E-state index in [4.69, 9.17) is 8.83 Å². The van der Waals surface area contributed by atoms with Crippen LogP contribution in [0, 0.1) is 0 Å². The van der Waals surface area contributed by atoms with E-state index in [1.807, 2.05) is 62.6 Å². The molecule has 0 unspecified atom stereocenters. The Morgan fingerprint density at radius 1 is 0.840 bits per heavy atom. The van der Waals surface area contributed by atoms with Crippen LogP contribution < -0.4 is 0 Å². The lowest BCUT2D eigenvalue weighted by Gasteiger charge is -2.21. The van der Waals surface area contributed by atoms with E-state index in [0.29, 0.717) is 18.7 Å². The standard InChI is InChI=1S/C20H22N2O3/c1-21(2)13-16-7-9-17(10-8-16)20(23)22(14-18-5-3-11-24-18)15-19-6-4-12-25-19/h3-12H,13-15H2,1-2H3. The Labute approximate surface area is 147 Å². The Morgan fingerprint density at radius 2 is 1.40 bits per heavy atom. The Morgan fingerprint density at radius 3 is 1.84 bits per heavy atom. The fourth-order valence-electron chi connectivity index (χ4n) is 2.68. The molecule has 3 rings (SSSR count). The summed E-state index contributed by atoms with van der Waals surface area (Å²) >= 11 is 0. The molecule has 1 amide bonds. The van der Waals surface area contributed by atoms with Crippen molar-refractivity contribution in [2.24, 2.45) is 0 Å². The Hall–Kier alpha value is -2.79. The van der Waals surface area contributed by atoms with Crippen LogP contribution in [0.25, 0.3) is 0 Å². The molecule has 5 heteroatoms. The number of carbonyl (C=O) groups is 1. The second-order valence-corrected chi connectivity index (χ2v) is 6.25. The van der Waals surface area contributed by atoms with E-state index in [0.717, 1.165) is 18.1 Å². The molecule has 25 heavy (non-hydrogen) atoms. The van der Waals surface area contributed by atoms with Crippen molar-refractivity contribution in [3.63, 3.8) is 0 Å². The summed E-state index contributed by atoms with van der Waals surface area (Å²) in [4.78, 5) is 16.8. The van der Waals surface area contributed by atoms with Crippen molar-refractivity contribution in [1.82, 2.24) is 9.80 Å². The maximum atomic E-state index is 13.0. The van der Waals surface area contributed by atoms with Crippen LogP contribution in [0.5, 0.6) is 0 Å². The lowest BCUT2D eigenvalue weighted by atomic mass is 10.1. The van der Waals surface area contributed by atoms with Crippen molar-refractivity contribution in [3.05, 3.63) is 83.7 Å². The fraction of sp³-hybridized carbons (Fsp3) is 0.250. The van der Waals surface area contributed by atoms with E-state index in [2.05, 4.69) is 4.90 Å². The molecular weight excluding hydrogens is 316 g/mol. The van der Waals surface area contributed by atoms with Gasteiger partial charge in [-0.15, -0.1) is 0 Å². The fourth-order valence-corrected chi connectivity index (χ4v) is 2.68. The molecule has 1 aromatic carbocycles. The average molecular weight is 338 g/mol. The van der Waals surface area contributed by atoms with E-state index in [-0.39, 0.29) is 5.91 Å². The highest BCUT2D eigenvalue weighted by atomic mass is 16.3. The monoisotopic (exact) mass is 338 g/mol. The predicted octanol–water partition coefficient (Wildman–Crippen LogP) is 3.78. The van der Waals surface area contributed by atoms with Crippen molar-refractivity contribution >= 4 is 5.91 Å². The van der Waals surface area contributed by atoms with Gasteiger partial charge in [-0.2, -0.15) is 0 Å². The number of nitrogens with zero attached hydrogens (tertiary/aromatic N) is 2. The number of rotatable bonds is 7. The summed E-state index contributed by atoms with van der Waals surface area (Å²) in [6, 6.07) is 15.1. The van der Waals surface area contributed by atoms with E-state index in [9.17, 15) is 4.79 Å². The summed E-state index contributed by atoms with van der Waals surface area (Å²) in [7, 11) is 4.04. The molecular formula is C20H22N2O3. The van der Waals surface area contributed by atoms with Crippen LogP contribution in [-0.2, 0) is 19.6 Å². The molecule has 0 bridgehead atoms. The van der Waals surface area contributed by atoms with Gasteiger partial charge in [0.05, 0.1) is 25.6 Å². The molecule has 0 aliphatic rings. The Bertz CT molecular complexity index is 739. The molecule has 0 saturated heterocycles. The van der Waals surface area contributed by atoms with Gasteiger partial charge in [0, 0.05) is 12.1 Å². The number of hydrogen-bond acceptors (Lipinski definition) is 4. The summed E-state index contributed by atoms with van der Waals surface area (Å²) in [5.41, 5.74) is 1.82. The molecule has 130 valence electrons. The number of amides is 1. The maximum absolute atomic E-state index is 13.0. The number of benzene rings is 1. The molecule has 2 aromatic heterocycles. The Balaban J connectivity index is 1.77. The van der Waals surface area contributed by atoms with Gasteiger partial charge < -0.3 is 18.6 Å². The maximum Gasteiger partial charge on any atom is 0.254 e. The first-order valence-electron chi connectivity index (χ1n) is 8.19. The summed E-state index contributed by atoms with van der Waals surface area (Å²) in [6.07, 6.45) is 3.22. The van der Waals surface area contributed by atoms with Gasteiger partial charge in [0.25, 0.3) is 5.91 Å². The third-order valence-corrected chi connectivity index (χ3v) is 3.84. The second kappa shape index (κ2) is 7.85. The van der Waals surface area contributed by atoms with Crippen molar-refractivity contribution in [2.75, 3.05) is 14.1 Å². The van der Waals surface area contributed by atoms with Gasteiger partial charge in [-0.1, -0.05) is 12.1 Å². The first-order chi connectivity index (χ1) is 12.1. The van der Waals surface area contributed by atoms with Crippen LogP contribution in [0.1, 0.15) is 27.4 Å². The van der Waals surface area contributed by atoms with Gasteiger partial charge in [-0.25, -0.2) is 0 Å². The largest absolute Gasteiger partial charge is 0.467 e. The molecule has 0 spiro atoms. The van der Waals surface area contributed by atoms with Gasteiger partial charge in [-0.3, -0.25) is 4.79 Å². The average Bonchev–Trinajstić information content (AvgIpc) is 3.28. The van der Waals surface area contributed by atoms with Gasteiger partial charge in [-0.05, 0) is 56.1 Å². The van der Waals surface area contributed by atoms with Gasteiger partial charge in [0.1, 0.15) is 11.5 Å². The molecule has 0 radical (unpaired) electrons. The zero-order valence-electron chi connectivity index (χ0n) is 14.5. The quantitative estimate of drug-likeness (QED) is 0.658. The second-order valence-electron chi connectivity index (χ2n) is 6.25. The van der Waals surface area contributed by atoms with Gasteiger partial charge >= 0.3 is 0 Å². The van der Waals surface area contributed by atoms with E-state index < -0.39 is 0 Å². The number of carbonyl (C=O) groups excluding carboxylic acids is 1. The molecule has 0 atom stereocenters. The first kappa shape index (κ1) is 17.0. The van der Waals surface area contributed by atoms with Crippen LogP contribution >= 0.6 is 0 Å². The first-order valence-corrected chi connectivity index (χ1v) is 8.19. The van der Waals surface area contributed by atoms with Crippen molar-refractivity contribution in [3.8, 4) is 0 Å². The van der Waals surface area contributed by atoms with Crippen LogP contribution in [0.3, 0.4) is 0 Å². The normalized spacial score (nSPS) is 11.0. The number of furan rings is 2. The van der Waals surface area contributed by atoms with Crippen LogP contribution in [-0.4, -0.2) is 29.8 Å². The van der Waals surface area contributed by atoms with Crippen molar-refractivity contribution < 1.29 is 13.6 Å². The molecule has 2 heterocycles. The zero-order chi connectivity index (χ0) is 17.6. The van der Waals surface area contributed by atoms with Gasteiger partial charge in [0.2, 0.25) is 0 Å². The van der Waals surface area contributed by atoms with Gasteiger partial charge in [0.15, 0.2) is 0 Å². The molecule has 0 aliphatic carbocycles. The smallest absolute Gasteiger partial charge is 0.254 e. The van der Waals surface area contributed by atoms with Crippen molar-refractivity contribution in [1.29, 1.82) is 0 Å². The third-order valence-electron chi connectivity index (χ3n) is 3.84. The van der Waals surface area contributed by atoms with Crippen LogP contribution in [0.15, 0.2) is 69.9 Å². The Kier molecular flexibility index (Phi) is 5.36. The molecule has 0 N–H and O–H groups in total. The van der Waals surface area contributed by atoms with Crippen LogP contribution in [0.2, 0.25) is 0 Å². The minimum atomic E-state index is -0.0517. The SMILES string of the molecule is CN(C)Cc1ccc(C(=O)N(Cc2ccco2)Cc2ccco2)cc1. The minimum absolute atomic E-state index is 0.0517. The number of hydrogen-bond donors (Lipinski definition) is 0. The lowest BCUT2D eigenvalue weighted by molar-refractivity contribution is 0.0705. The minimum Gasteiger partial charge on any atom is -0.467 e. The highest BCUT2D eigenvalue weighted by Gasteiger charge is 2.19. The lowest BCUT2D eigenvalue weighted by Crippen LogP contribution is -2.29. The molecule has 0 saturated carbocycles. The summed E-state index contributed by atoms with van der Waals surface area (Å²) in [6.45, 7) is 1.63. The topological polar surface area (TPSA) is 49.8 Å². The zero-order valence-corrected chi connectivity index (χ0v) is 14.5. The molecule has 0 fully saturated rings. The highest BCUT2D eigenvalue weighted by molar-refractivity contribution is 5.94. The molecule has 5 nitrogen and oxygen atoms in total. The molecule has 3 aromatic rings. The van der Waals surface area contributed by atoms with E-state index in [1.54, 1.807) is 17.4 Å². The van der Waals surface area contributed by atoms with Crippen molar-refractivity contribution in [2.45, 2.75) is 19.6 Å². The summed E-state index contributed by atoms with van der Waals surface area (Å²) in [5, 5.41) is 0. The third kappa shape index (κ3) is 4.61. The molecule has 0 aliphatic heterocycles. The predicted molar refractivity (Wildman–Crippen MR) is 94.8 cm³/mol. The van der Waals surface area contributed by atoms with E-state index in [1.165, 1.54) is 5.56 Å². The van der Waals surface area contributed by atoms with Crippen LogP contribution in [0.4, 0.5) is 0 Å². The van der Waals surface area contributed by atoms with E-state index >= 15 is 0 Å². The highest BCUT2D eigenvalue weighted by Crippen LogP contribution is 2.16.